The van der Waals surface area contributed by atoms with Crippen LogP contribution in [0.5, 0.6) is 0 Å². The standard InChI is InChI=1S/C13H21N3O3/c1-4-10-7-11(19-15-10)8-14-12(17)13(2)9-16(3)5-6-18-13/h7H,4-6,8-9H2,1-3H3,(H,14,17). The van der Waals surface area contributed by atoms with Crippen molar-refractivity contribution in [3.8, 4) is 0 Å². The molecule has 1 unspecified atom stereocenters. The lowest BCUT2D eigenvalue weighted by Crippen LogP contribution is -2.57. The van der Waals surface area contributed by atoms with E-state index in [1.165, 1.54) is 0 Å². The summed E-state index contributed by atoms with van der Waals surface area (Å²) < 4.78 is 10.7. The van der Waals surface area contributed by atoms with Crippen molar-refractivity contribution in [3.05, 3.63) is 17.5 Å². The molecule has 106 valence electrons. The molecule has 0 spiro atoms. The lowest BCUT2D eigenvalue weighted by molar-refractivity contribution is -0.155. The molecule has 0 saturated carbocycles. The van der Waals surface area contributed by atoms with Crippen molar-refractivity contribution in [1.82, 2.24) is 15.4 Å². The van der Waals surface area contributed by atoms with E-state index in [-0.39, 0.29) is 5.91 Å². The highest BCUT2D eigenvalue weighted by atomic mass is 16.5. The zero-order chi connectivity index (χ0) is 13.9. The molecule has 0 bridgehead atoms. The molecule has 1 aliphatic heterocycles. The molecule has 1 amide bonds. The van der Waals surface area contributed by atoms with Crippen molar-refractivity contribution in [2.45, 2.75) is 32.4 Å². The summed E-state index contributed by atoms with van der Waals surface area (Å²) in [6, 6.07) is 1.86. The number of aryl methyl sites for hydroxylation is 1. The van der Waals surface area contributed by atoms with Crippen molar-refractivity contribution in [3.63, 3.8) is 0 Å². The summed E-state index contributed by atoms with van der Waals surface area (Å²) in [7, 11) is 1.98. The number of rotatable bonds is 4. The summed E-state index contributed by atoms with van der Waals surface area (Å²) in [6.45, 7) is 6.18. The first-order chi connectivity index (χ1) is 9.03. The van der Waals surface area contributed by atoms with Crippen LogP contribution in [0.4, 0.5) is 0 Å². The molecular weight excluding hydrogens is 246 g/mol. The molecule has 19 heavy (non-hydrogen) atoms. The van der Waals surface area contributed by atoms with Gasteiger partial charge in [0.25, 0.3) is 5.91 Å². The van der Waals surface area contributed by atoms with E-state index in [4.69, 9.17) is 9.26 Å². The smallest absolute Gasteiger partial charge is 0.253 e. The summed E-state index contributed by atoms with van der Waals surface area (Å²) in [5, 5.41) is 6.73. The Kier molecular flexibility index (Phi) is 4.21. The number of nitrogens with zero attached hydrogens (tertiary/aromatic N) is 2. The average Bonchev–Trinajstić information content (AvgIpc) is 2.83. The van der Waals surface area contributed by atoms with Gasteiger partial charge in [-0.1, -0.05) is 12.1 Å². The molecule has 1 fully saturated rings. The van der Waals surface area contributed by atoms with Gasteiger partial charge in [-0.3, -0.25) is 4.79 Å². The Morgan fingerprint density at radius 2 is 2.42 bits per heavy atom. The second-order valence-corrected chi connectivity index (χ2v) is 5.14. The molecule has 0 radical (unpaired) electrons. The number of hydrogen-bond acceptors (Lipinski definition) is 5. The van der Waals surface area contributed by atoms with Crippen LogP contribution in [0, 0.1) is 0 Å². The third-order valence-electron chi connectivity index (χ3n) is 3.34. The minimum atomic E-state index is -0.791. The van der Waals surface area contributed by atoms with Crippen LogP contribution >= 0.6 is 0 Å². The topological polar surface area (TPSA) is 67.6 Å². The fourth-order valence-electron chi connectivity index (χ4n) is 2.16. The lowest BCUT2D eigenvalue weighted by atomic mass is 10.0. The van der Waals surface area contributed by atoms with E-state index in [2.05, 4.69) is 15.4 Å². The Bertz CT molecular complexity index is 446. The van der Waals surface area contributed by atoms with Crippen LogP contribution in [-0.4, -0.2) is 48.3 Å². The van der Waals surface area contributed by atoms with Crippen LogP contribution in [0.15, 0.2) is 10.6 Å². The molecule has 0 aliphatic carbocycles. The molecule has 6 heteroatoms. The summed E-state index contributed by atoms with van der Waals surface area (Å²) in [6.07, 6.45) is 0.822. The van der Waals surface area contributed by atoms with Crippen molar-refractivity contribution < 1.29 is 14.1 Å². The zero-order valence-electron chi connectivity index (χ0n) is 11.7. The van der Waals surface area contributed by atoms with Crippen LogP contribution in [0.3, 0.4) is 0 Å². The number of likely N-dealkylation sites (N-methyl/N-ethyl adjacent to an activating group) is 1. The third-order valence-corrected chi connectivity index (χ3v) is 3.34. The van der Waals surface area contributed by atoms with Gasteiger partial charge in [0.15, 0.2) is 11.4 Å². The molecule has 1 aromatic heterocycles. The van der Waals surface area contributed by atoms with E-state index in [0.717, 1.165) is 18.7 Å². The molecule has 0 aromatic carbocycles. The Balaban J connectivity index is 1.89. The van der Waals surface area contributed by atoms with Crippen LogP contribution in [0.1, 0.15) is 25.3 Å². The fourth-order valence-corrected chi connectivity index (χ4v) is 2.16. The predicted molar refractivity (Wildman–Crippen MR) is 69.6 cm³/mol. The van der Waals surface area contributed by atoms with E-state index in [1.807, 2.05) is 27.0 Å². The number of hydrogen-bond donors (Lipinski definition) is 1. The van der Waals surface area contributed by atoms with Crippen molar-refractivity contribution >= 4 is 5.91 Å². The minimum absolute atomic E-state index is 0.117. The Hall–Kier alpha value is -1.40. The number of nitrogens with one attached hydrogen (secondary N) is 1. The van der Waals surface area contributed by atoms with Gasteiger partial charge in [0.05, 0.1) is 18.8 Å². The average molecular weight is 267 g/mol. The second-order valence-electron chi connectivity index (χ2n) is 5.14. The highest BCUT2D eigenvalue weighted by molar-refractivity contribution is 5.85. The molecule has 1 aliphatic rings. The molecule has 1 atom stereocenters. The summed E-state index contributed by atoms with van der Waals surface area (Å²) >= 11 is 0. The van der Waals surface area contributed by atoms with Crippen molar-refractivity contribution in [1.29, 1.82) is 0 Å². The first kappa shape index (κ1) is 14.0. The highest BCUT2D eigenvalue weighted by Crippen LogP contribution is 2.17. The molecule has 2 rings (SSSR count). The number of carbonyl (C=O) groups is 1. The predicted octanol–water partition coefficient (Wildman–Crippen LogP) is 0.574. The largest absolute Gasteiger partial charge is 0.363 e. The maximum atomic E-state index is 12.2. The van der Waals surface area contributed by atoms with Gasteiger partial charge in [0, 0.05) is 19.2 Å². The SMILES string of the molecule is CCc1cc(CNC(=O)C2(C)CN(C)CCO2)on1. The van der Waals surface area contributed by atoms with Gasteiger partial charge >= 0.3 is 0 Å². The minimum Gasteiger partial charge on any atom is -0.363 e. The molecule has 1 aromatic rings. The summed E-state index contributed by atoms with van der Waals surface area (Å²) in [4.78, 5) is 14.3. The van der Waals surface area contributed by atoms with E-state index in [1.54, 1.807) is 0 Å². The van der Waals surface area contributed by atoms with Crippen LogP contribution in [0.2, 0.25) is 0 Å². The number of aromatic nitrogens is 1. The van der Waals surface area contributed by atoms with E-state index in [0.29, 0.717) is 25.5 Å². The van der Waals surface area contributed by atoms with E-state index in [9.17, 15) is 4.79 Å². The van der Waals surface area contributed by atoms with Crippen LogP contribution in [-0.2, 0) is 22.5 Å². The number of ether oxygens (including phenoxy) is 1. The van der Waals surface area contributed by atoms with Crippen LogP contribution in [0.25, 0.3) is 0 Å². The van der Waals surface area contributed by atoms with Gasteiger partial charge in [-0.25, -0.2) is 0 Å². The van der Waals surface area contributed by atoms with Crippen molar-refractivity contribution in [2.75, 3.05) is 26.7 Å². The van der Waals surface area contributed by atoms with Gasteiger partial charge in [0.1, 0.15) is 0 Å². The first-order valence-electron chi connectivity index (χ1n) is 6.59. The van der Waals surface area contributed by atoms with Crippen molar-refractivity contribution in [2.24, 2.45) is 0 Å². The summed E-state index contributed by atoms with van der Waals surface area (Å²) in [5.74, 6) is 0.548. The number of amides is 1. The maximum absolute atomic E-state index is 12.2. The third kappa shape index (κ3) is 3.33. The van der Waals surface area contributed by atoms with Gasteiger partial charge in [-0.2, -0.15) is 0 Å². The van der Waals surface area contributed by atoms with E-state index < -0.39 is 5.60 Å². The van der Waals surface area contributed by atoms with Crippen LogP contribution < -0.4 is 5.32 Å². The Labute approximate surface area is 113 Å². The molecule has 2 heterocycles. The lowest BCUT2D eigenvalue weighted by Gasteiger charge is -2.37. The second kappa shape index (κ2) is 5.71. The zero-order valence-corrected chi connectivity index (χ0v) is 11.7. The maximum Gasteiger partial charge on any atom is 0.253 e. The summed E-state index contributed by atoms with van der Waals surface area (Å²) in [5.41, 5.74) is 0.102. The fraction of sp³-hybridized carbons (Fsp3) is 0.692. The monoisotopic (exact) mass is 267 g/mol. The first-order valence-corrected chi connectivity index (χ1v) is 6.59. The quantitative estimate of drug-likeness (QED) is 0.864. The molecular formula is C13H21N3O3. The molecule has 1 N–H and O–H groups in total. The Morgan fingerprint density at radius 1 is 1.63 bits per heavy atom. The normalized spacial score (nSPS) is 24.4. The molecule has 6 nitrogen and oxygen atoms in total. The van der Waals surface area contributed by atoms with Gasteiger partial charge in [-0.15, -0.1) is 0 Å². The Morgan fingerprint density at radius 3 is 3.05 bits per heavy atom. The highest BCUT2D eigenvalue weighted by Gasteiger charge is 2.38. The molecule has 1 saturated heterocycles. The van der Waals surface area contributed by atoms with Gasteiger partial charge < -0.3 is 19.5 Å². The van der Waals surface area contributed by atoms with Gasteiger partial charge in [0.2, 0.25) is 0 Å². The number of morpholine rings is 1. The van der Waals surface area contributed by atoms with Gasteiger partial charge in [-0.05, 0) is 20.4 Å². The van der Waals surface area contributed by atoms with E-state index >= 15 is 0 Å². The number of carbonyl (C=O) groups excluding carboxylic acids is 1.